The zero-order valence-electron chi connectivity index (χ0n) is 12.1. The highest BCUT2D eigenvalue weighted by atomic mass is 16.6. The lowest BCUT2D eigenvalue weighted by Crippen LogP contribution is -2.17. The van der Waals surface area contributed by atoms with Gasteiger partial charge in [0.15, 0.2) is 11.5 Å². The van der Waals surface area contributed by atoms with E-state index in [-0.39, 0.29) is 5.91 Å². The van der Waals surface area contributed by atoms with Crippen LogP contribution in [0.1, 0.15) is 10.4 Å². The molecule has 6 nitrogen and oxygen atoms in total. The van der Waals surface area contributed by atoms with Crippen molar-refractivity contribution in [3.8, 4) is 17.2 Å². The number of nitrogen functional groups attached to an aromatic ring is 1. The van der Waals surface area contributed by atoms with Gasteiger partial charge in [-0.05, 0) is 30.3 Å². The minimum absolute atomic E-state index is 0.270. The van der Waals surface area contributed by atoms with Crippen LogP contribution in [0.5, 0.6) is 17.2 Å². The summed E-state index contributed by atoms with van der Waals surface area (Å²) in [6.45, 7) is 0.991. The molecule has 2 aromatic rings. The minimum Gasteiger partial charge on any atom is -0.497 e. The maximum Gasteiger partial charge on any atom is 0.255 e. The van der Waals surface area contributed by atoms with Gasteiger partial charge in [0.25, 0.3) is 5.91 Å². The number of hydrogen-bond acceptors (Lipinski definition) is 5. The number of nitrogens with two attached hydrogens (primary N) is 1. The number of carbonyl (C=O) groups excluding carboxylic acids is 1. The summed E-state index contributed by atoms with van der Waals surface area (Å²) < 4.78 is 16.0. The van der Waals surface area contributed by atoms with Crippen molar-refractivity contribution < 1.29 is 19.0 Å². The second-order valence-electron chi connectivity index (χ2n) is 4.77. The number of fused-ring (bicyclic) bond motifs is 1. The van der Waals surface area contributed by atoms with Gasteiger partial charge >= 0.3 is 0 Å². The van der Waals surface area contributed by atoms with Crippen molar-refractivity contribution in [1.82, 2.24) is 0 Å². The van der Waals surface area contributed by atoms with E-state index in [1.807, 2.05) is 0 Å². The van der Waals surface area contributed by atoms with Crippen LogP contribution in [0.2, 0.25) is 0 Å². The monoisotopic (exact) mass is 300 g/mol. The van der Waals surface area contributed by atoms with Crippen molar-refractivity contribution in [1.29, 1.82) is 0 Å². The van der Waals surface area contributed by atoms with Gasteiger partial charge in [0.2, 0.25) is 0 Å². The Balaban J connectivity index is 1.80. The third kappa shape index (κ3) is 2.76. The summed E-state index contributed by atoms with van der Waals surface area (Å²) >= 11 is 0. The second kappa shape index (κ2) is 5.85. The smallest absolute Gasteiger partial charge is 0.255 e. The molecule has 0 saturated heterocycles. The molecule has 0 aliphatic carbocycles. The molecule has 0 radical (unpaired) electrons. The van der Waals surface area contributed by atoms with Crippen LogP contribution < -0.4 is 25.3 Å². The van der Waals surface area contributed by atoms with Gasteiger partial charge in [-0.3, -0.25) is 4.79 Å². The number of anilines is 2. The lowest BCUT2D eigenvalue weighted by atomic mass is 10.1. The quantitative estimate of drug-likeness (QED) is 0.850. The molecule has 0 aromatic heterocycles. The van der Waals surface area contributed by atoms with E-state index in [1.165, 1.54) is 0 Å². The Kier molecular flexibility index (Phi) is 3.74. The Hall–Kier alpha value is -2.89. The van der Waals surface area contributed by atoms with Crippen LogP contribution in [0.25, 0.3) is 0 Å². The average Bonchev–Trinajstić information content (AvgIpc) is 2.56. The fourth-order valence-corrected chi connectivity index (χ4v) is 2.16. The number of rotatable bonds is 3. The van der Waals surface area contributed by atoms with Crippen LogP contribution in [0.4, 0.5) is 11.4 Å². The van der Waals surface area contributed by atoms with E-state index in [1.54, 1.807) is 43.5 Å². The number of hydrogen-bond donors (Lipinski definition) is 2. The molecule has 1 amide bonds. The van der Waals surface area contributed by atoms with Crippen molar-refractivity contribution in [2.75, 3.05) is 31.4 Å². The number of benzene rings is 2. The van der Waals surface area contributed by atoms with Gasteiger partial charge in [-0.2, -0.15) is 0 Å². The highest BCUT2D eigenvalue weighted by molar-refractivity contribution is 6.06. The Morgan fingerprint density at radius 3 is 2.64 bits per heavy atom. The fourth-order valence-electron chi connectivity index (χ4n) is 2.16. The second-order valence-corrected chi connectivity index (χ2v) is 4.77. The first-order chi connectivity index (χ1) is 10.7. The van der Waals surface area contributed by atoms with Gasteiger partial charge in [-0.15, -0.1) is 0 Å². The van der Waals surface area contributed by atoms with Gasteiger partial charge < -0.3 is 25.3 Å². The van der Waals surface area contributed by atoms with Crippen LogP contribution in [-0.2, 0) is 0 Å². The molecule has 3 N–H and O–H groups in total. The Bertz CT molecular complexity index is 715. The van der Waals surface area contributed by atoms with E-state index >= 15 is 0 Å². The van der Waals surface area contributed by atoms with E-state index in [0.717, 1.165) is 0 Å². The normalized spacial score (nSPS) is 12.6. The van der Waals surface area contributed by atoms with Crippen LogP contribution in [0.3, 0.4) is 0 Å². The SMILES string of the molecule is COc1ccc(NC(=O)c2ccc3c(c2)OCCO3)c(N)c1. The molecule has 1 aliphatic heterocycles. The predicted octanol–water partition coefficient (Wildman–Crippen LogP) is 2.30. The standard InChI is InChI=1S/C16H16N2O4/c1-20-11-3-4-13(12(17)9-11)18-16(19)10-2-5-14-15(8-10)22-7-6-21-14/h2-5,8-9H,6-7,17H2,1H3,(H,18,19). The third-order valence-corrected chi connectivity index (χ3v) is 3.31. The van der Waals surface area contributed by atoms with Crippen LogP contribution in [0, 0.1) is 0 Å². The molecular weight excluding hydrogens is 284 g/mol. The molecule has 2 aromatic carbocycles. The molecule has 114 valence electrons. The first-order valence-electron chi connectivity index (χ1n) is 6.82. The molecule has 3 rings (SSSR count). The van der Waals surface area contributed by atoms with E-state index in [4.69, 9.17) is 19.9 Å². The molecule has 0 atom stereocenters. The van der Waals surface area contributed by atoms with Crippen LogP contribution >= 0.6 is 0 Å². The molecule has 1 heterocycles. The maximum absolute atomic E-state index is 12.3. The fraction of sp³-hybridized carbons (Fsp3) is 0.188. The molecular formula is C16H16N2O4. The topological polar surface area (TPSA) is 82.8 Å². The average molecular weight is 300 g/mol. The lowest BCUT2D eigenvalue weighted by molar-refractivity contribution is 0.102. The third-order valence-electron chi connectivity index (χ3n) is 3.31. The Labute approximate surface area is 127 Å². The summed E-state index contributed by atoms with van der Waals surface area (Å²) in [6, 6.07) is 10.1. The largest absolute Gasteiger partial charge is 0.497 e. The number of carbonyl (C=O) groups is 1. The number of methoxy groups -OCH3 is 1. The van der Waals surface area contributed by atoms with Gasteiger partial charge in [0.05, 0.1) is 18.5 Å². The Morgan fingerprint density at radius 1 is 1.14 bits per heavy atom. The van der Waals surface area contributed by atoms with Crippen molar-refractivity contribution >= 4 is 17.3 Å². The summed E-state index contributed by atoms with van der Waals surface area (Å²) in [6.07, 6.45) is 0. The first-order valence-corrected chi connectivity index (χ1v) is 6.82. The lowest BCUT2D eigenvalue weighted by Gasteiger charge is -2.18. The predicted molar refractivity (Wildman–Crippen MR) is 82.8 cm³/mol. The van der Waals surface area contributed by atoms with Crippen molar-refractivity contribution in [2.24, 2.45) is 0 Å². The van der Waals surface area contributed by atoms with Gasteiger partial charge in [0, 0.05) is 11.6 Å². The molecule has 6 heteroatoms. The highest BCUT2D eigenvalue weighted by Gasteiger charge is 2.15. The van der Waals surface area contributed by atoms with Crippen molar-refractivity contribution in [3.05, 3.63) is 42.0 Å². The van der Waals surface area contributed by atoms with E-state index in [9.17, 15) is 4.79 Å². The molecule has 1 aliphatic rings. The Morgan fingerprint density at radius 2 is 1.91 bits per heavy atom. The zero-order chi connectivity index (χ0) is 15.5. The minimum atomic E-state index is -0.270. The highest BCUT2D eigenvalue weighted by Crippen LogP contribution is 2.31. The maximum atomic E-state index is 12.3. The summed E-state index contributed by atoms with van der Waals surface area (Å²) in [7, 11) is 1.56. The van der Waals surface area contributed by atoms with Gasteiger partial charge in [-0.25, -0.2) is 0 Å². The summed E-state index contributed by atoms with van der Waals surface area (Å²) in [5.74, 6) is 1.58. The van der Waals surface area contributed by atoms with Crippen molar-refractivity contribution in [3.63, 3.8) is 0 Å². The number of ether oxygens (including phenoxy) is 3. The molecule has 0 unspecified atom stereocenters. The number of nitrogens with one attached hydrogen (secondary N) is 1. The number of amides is 1. The van der Waals surface area contributed by atoms with Gasteiger partial charge in [0.1, 0.15) is 19.0 Å². The van der Waals surface area contributed by atoms with Crippen molar-refractivity contribution in [2.45, 2.75) is 0 Å². The molecule has 0 spiro atoms. The molecule has 0 fully saturated rings. The van der Waals surface area contributed by atoms with Crippen LogP contribution in [-0.4, -0.2) is 26.2 Å². The molecule has 0 saturated carbocycles. The zero-order valence-corrected chi connectivity index (χ0v) is 12.1. The van der Waals surface area contributed by atoms with Crippen LogP contribution in [0.15, 0.2) is 36.4 Å². The molecule has 0 bridgehead atoms. The molecule has 22 heavy (non-hydrogen) atoms. The van der Waals surface area contributed by atoms with E-state index in [2.05, 4.69) is 5.32 Å². The first kappa shape index (κ1) is 14.1. The van der Waals surface area contributed by atoms with E-state index < -0.39 is 0 Å². The summed E-state index contributed by atoms with van der Waals surface area (Å²) in [4.78, 5) is 12.3. The summed E-state index contributed by atoms with van der Waals surface area (Å²) in [5.41, 5.74) is 7.33. The van der Waals surface area contributed by atoms with E-state index in [0.29, 0.717) is 47.4 Å². The van der Waals surface area contributed by atoms with Gasteiger partial charge in [-0.1, -0.05) is 0 Å². The summed E-state index contributed by atoms with van der Waals surface area (Å²) in [5, 5.41) is 2.77.